The summed E-state index contributed by atoms with van der Waals surface area (Å²) < 4.78 is 0. The monoisotopic (exact) mass is 334 g/mol. The largest absolute Gasteiger partial charge is 0.327 e. The maximum atomic E-state index is 12.3. The summed E-state index contributed by atoms with van der Waals surface area (Å²) in [6.45, 7) is 5.75. The molecule has 5 nitrogen and oxygen atoms in total. The van der Waals surface area contributed by atoms with E-state index in [0.29, 0.717) is 18.5 Å². The minimum atomic E-state index is -0.798. The standard InChI is InChI=1S/C17H22N2O3S/c1-12(23-14(20)13-8-6-5-7-9-13)10-11-19-15(21)17(2,3)18(4)16(19)22/h5-9,12H,10-11H2,1-4H3/t12-/m0/s1. The Bertz CT molecular complexity index is 616. The highest BCUT2D eigenvalue weighted by Gasteiger charge is 2.48. The van der Waals surface area contributed by atoms with Crippen molar-refractivity contribution in [1.82, 2.24) is 9.80 Å². The zero-order valence-electron chi connectivity index (χ0n) is 13.9. The van der Waals surface area contributed by atoms with Gasteiger partial charge in [0.25, 0.3) is 5.91 Å². The lowest BCUT2D eigenvalue weighted by atomic mass is 10.1. The molecule has 0 unspecified atom stereocenters. The van der Waals surface area contributed by atoms with Gasteiger partial charge in [-0.15, -0.1) is 0 Å². The van der Waals surface area contributed by atoms with Gasteiger partial charge in [0, 0.05) is 24.4 Å². The molecular weight excluding hydrogens is 312 g/mol. The summed E-state index contributed by atoms with van der Waals surface area (Å²) in [5.41, 5.74) is -0.133. The van der Waals surface area contributed by atoms with Gasteiger partial charge >= 0.3 is 6.03 Å². The van der Waals surface area contributed by atoms with Crippen molar-refractivity contribution < 1.29 is 14.4 Å². The highest BCUT2D eigenvalue weighted by atomic mass is 32.2. The fraction of sp³-hybridized carbons (Fsp3) is 0.471. The smallest absolute Gasteiger partial charge is 0.313 e. The maximum absolute atomic E-state index is 12.3. The molecule has 3 amide bonds. The third-order valence-electron chi connectivity index (χ3n) is 4.20. The van der Waals surface area contributed by atoms with Crippen molar-refractivity contribution in [2.24, 2.45) is 0 Å². The normalized spacial score (nSPS) is 18.4. The number of amides is 3. The maximum Gasteiger partial charge on any atom is 0.327 e. The number of thioether (sulfide) groups is 1. The Morgan fingerprint density at radius 1 is 1.22 bits per heavy atom. The van der Waals surface area contributed by atoms with Crippen LogP contribution in [0.4, 0.5) is 4.79 Å². The predicted molar refractivity (Wildman–Crippen MR) is 91.4 cm³/mol. The Balaban J connectivity index is 1.90. The van der Waals surface area contributed by atoms with Crippen LogP contribution in [-0.4, -0.2) is 51.2 Å². The van der Waals surface area contributed by atoms with Gasteiger partial charge in [0.05, 0.1) is 0 Å². The quantitative estimate of drug-likeness (QED) is 0.777. The third-order valence-corrected chi connectivity index (χ3v) is 5.29. The van der Waals surface area contributed by atoms with Crippen molar-refractivity contribution in [3.05, 3.63) is 35.9 Å². The molecule has 1 aromatic carbocycles. The Kier molecular flexibility index (Phi) is 5.14. The predicted octanol–water partition coefficient (Wildman–Crippen LogP) is 3.01. The Labute approximate surface area is 141 Å². The van der Waals surface area contributed by atoms with Crippen LogP contribution < -0.4 is 0 Å². The SMILES string of the molecule is C[C@@H](CCN1C(=O)N(C)C(C)(C)C1=O)SC(=O)c1ccccc1. The Hall–Kier alpha value is -1.82. The van der Waals surface area contributed by atoms with E-state index in [1.165, 1.54) is 21.6 Å². The van der Waals surface area contributed by atoms with Gasteiger partial charge in [-0.1, -0.05) is 49.0 Å². The van der Waals surface area contributed by atoms with E-state index >= 15 is 0 Å². The lowest BCUT2D eigenvalue weighted by Crippen LogP contribution is -2.41. The molecule has 1 aliphatic heterocycles. The summed E-state index contributed by atoms with van der Waals surface area (Å²) in [5.74, 6) is -0.184. The second-order valence-corrected chi connectivity index (χ2v) is 7.64. The van der Waals surface area contributed by atoms with Gasteiger partial charge in [0.2, 0.25) is 5.12 Å². The van der Waals surface area contributed by atoms with Crippen molar-refractivity contribution >= 4 is 28.8 Å². The molecule has 1 heterocycles. The number of nitrogens with zero attached hydrogens (tertiary/aromatic N) is 2. The van der Waals surface area contributed by atoms with E-state index in [1.54, 1.807) is 33.0 Å². The molecule has 124 valence electrons. The average molecular weight is 334 g/mol. The van der Waals surface area contributed by atoms with Crippen molar-refractivity contribution in [3.63, 3.8) is 0 Å². The lowest BCUT2D eigenvalue weighted by molar-refractivity contribution is -0.131. The molecule has 0 spiro atoms. The summed E-state index contributed by atoms with van der Waals surface area (Å²) >= 11 is 1.24. The molecule has 2 rings (SSSR count). The van der Waals surface area contributed by atoms with Gasteiger partial charge in [0.15, 0.2) is 0 Å². The van der Waals surface area contributed by atoms with Gasteiger partial charge < -0.3 is 4.90 Å². The minimum absolute atomic E-state index is 0.00891. The first-order chi connectivity index (χ1) is 10.7. The molecule has 1 aromatic rings. The van der Waals surface area contributed by atoms with Crippen LogP contribution in [0.3, 0.4) is 0 Å². The van der Waals surface area contributed by atoms with Crippen LogP contribution in [0.15, 0.2) is 30.3 Å². The first-order valence-electron chi connectivity index (χ1n) is 7.61. The highest BCUT2D eigenvalue weighted by molar-refractivity contribution is 8.14. The summed E-state index contributed by atoms with van der Waals surface area (Å²) in [7, 11) is 1.64. The minimum Gasteiger partial charge on any atom is -0.313 e. The van der Waals surface area contributed by atoms with Crippen LogP contribution in [0, 0.1) is 0 Å². The van der Waals surface area contributed by atoms with Crippen LogP contribution >= 0.6 is 11.8 Å². The zero-order chi connectivity index (χ0) is 17.2. The summed E-state index contributed by atoms with van der Waals surface area (Å²) in [6, 6.07) is 8.83. The van der Waals surface area contributed by atoms with E-state index in [1.807, 2.05) is 25.1 Å². The van der Waals surface area contributed by atoms with Crippen LogP contribution in [0.5, 0.6) is 0 Å². The second kappa shape index (κ2) is 6.74. The summed E-state index contributed by atoms with van der Waals surface area (Å²) in [5, 5.41) is 0.0342. The number of carbonyl (C=O) groups excluding carboxylic acids is 3. The topological polar surface area (TPSA) is 57.7 Å². The lowest BCUT2D eigenvalue weighted by Gasteiger charge is -2.22. The number of likely N-dealkylation sites (N-methyl/N-ethyl adjacent to an activating group) is 1. The molecule has 0 aliphatic carbocycles. The number of hydrogen-bond acceptors (Lipinski definition) is 4. The molecule has 6 heteroatoms. The highest BCUT2D eigenvalue weighted by Crippen LogP contribution is 2.27. The van der Waals surface area contributed by atoms with Crippen LogP contribution in [0.25, 0.3) is 0 Å². The van der Waals surface area contributed by atoms with Crippen molar-refractivity contribution in [3.8, 4) is 0 Å². The molecule has 0 radical (unpaired) electrons. The van der Waals surface area contributed by atoms with Gasteiger partial charge in [-0.25, -0.2) is 4.79 Å². The van der Waals surface area contributed by atoms with E-state index in [2.05, 4.69) is 0 Å². The van der Waals surface area contributed by atoms with E-state index in [0.717, 1.165) is 0 Å². The van der Waals surface area contributed by atoms with Crippen molar-refractivity contribution in [2.75, 3.05) is 13.6 Å². The van der Waals surface area contributed by atoms with E-state index in [-0.39, 0.29) is 22.3 Å². The van der Waals surface area contributed by atoms with Gasteiger partial charge in [-0.3, -0.25) is 14.5 Å². The van der Waals surface area contributed by atoms with Crippen LogP contribution in [0.1, 0.15) is 37.6 Å². The molecule has 0 saturated carbocycles. The number of urea groups is 1. The van der Waals surface area contributed by atoms with Crippen LogP contribution in [0.2, 0.25) is 0 Å². The molecular formula is C17H22N2O3S. The van der Waals surface area contributed by atoms with Gasteiger partial charge in [-0.05, 0) is 20.3 Å². The molecule has 1 saturated heterocycles. The van der Waals surface area contributed by atoms with Crippen molar-refractivity contribution in [2.45, 2.75) is 38.0 Å². The molecule has 1 aliphatic rings. The fourth-order valence-electron chi connectivity index (χ4n) is 2.37. The summed E-state index contributed by atoms with van der Waals surface area (Å²) in [6.07, 6.45) is 0.588. The molecule has 1 atom stereocenters. The molecule has 0 N–H and O–H groups in total. The molecule has 23 heavy (non-hydrogen) atoms. The third kappa shape index (κ3) is 3.58. The van der Waals surface area contributed by atoms with Gasteiger partial charge in [-0.2, -0.15) is 0 Å². The number of hydrogen-bond donors (Lipinski definition) is 0. The van der Waals surface area contributed by atoms with Gasteiger partial charge in [0.1, 0.15) is 5.54 Å². The number of rotatable bonds is 5. The van der Waals surface area contributed by atoms with E-state index in [4.69, 9.17) is 0 Å². The molecule has 0 aromatic heterocycles. The second-order valence-electron chi connectivity index (χ2n) is 6.23. The van der Waals surface area contributed by atoms with E-state index < -0.39 is 5.54 Å². The number of imide groups is 1. The van der Waals surface area contributed by atoms with Crippen molar-refractivity contribution in [1.29, 1.82) is 0 Å². The van der Waals surface area contributed by atoms with E-state index in [9.17, 15) is 14.4 Å². The Morgan fingerprint density at radius 2 is 1.83 bits per heavy atom. The van der Waals surface area contributed by atoms with Crippen LogP contribution in [-0.2, 0) is 4.79 Å². The average Bonchev–Trinajstić information content (AvgIpc) is 2.67. The fourth-order valence-corrected chi connectivity index (χ4v) is 3.23. The number of carbonyl (C=O) groups is 3. The first-order valence-corrected chi connectivity index (χ1v) is 8.49. The first kappa shape index (κ1) is 17.5. The molecule has 0 bridgehead atoms. The zero-order valence-corrected chi connectivity index (χ0v) is 14.7. The summed E-state index contributed by atoms with van der Waals surface area (Å²) in [4.78, 5) is 39.3. The molecule has 1 fully saturated rings. The Morgan fingerprint density at radius 3 is 2.35 bits per heavy atom. The number of benzene rings is 1.